The number of amides is 1. The summed E-state index contributed by atoms with van der Waals surface area (Å²) in [7, 11) is -2.61. The summed E-state index contributed by atoms with van der Waals surface area (Å²) in [5.74, 6) is 0.512. The fraction of sp³-hybridized carbons (Fsp3) is 0.548. The van der Waals surface area contributed by atoms with Crippen LogP contribution < -0.4 is 4.74 Å². The molecule has 3 atom stereocenters. The number of hydrogen-bond donors (Lipinski definition) is 2. The number of rotatable bonds is 14. The predicted octanol–water partition coefficient (Wildman–Crippen LogP) is 4.64. The van der Waals surface area contributed by atoms with E-state index in [1.165, 1.54) is 23.5 Å². The van der Waals surface area contributed by atoms with Gasteiger partial charge in [0.25, 0.3) is 0 Å². The molecular formula is C31H41N3O7S. The van der Waals surface area contributed by atoms with Gasteiger partial charge >= 0.3 is 6.09 Å². The zero-order chi connectivity index (χ0) is 30.2. The molecule has 11 heteroatoms. The summed E-state index contributed by atoms with van der Waals surface area (Å²) in [5.41, 5.74) is 0.418. The van der Waals surface area contributed by atoms with E-state index in [4.69, 9.17) is 9.47 Å². The smallest absolute Gasteiger partial charge is 0.409 e. The maximum atomic E-state index is 14.2. The Hall–Kier alpha value is -3.17. The number of carboxylic acid groups (broad SMARTS) is 1. The Balaban J connectivity index is 1.71. The molecule has 10 nitrogen and oxygen atoms in total. The van der Waals surface area contributed by atoms with Crippen molar-refractivity contribution >= 4 is 16.1 Å². The van der Waals surface area contributed by atoms with E-state index in [1.807, 2.05) is 30.3 Å². The van der Waals surface area contributed by atoms with Crippen LogP contribution in [0.2, 0.25) is 0 Å². The first kappa shape index (κ1) is 31.8. The number of aliphatic hydroxyl groups excluding tert-OH is 1. The van der Waals surface area contributed by atoms with Crippen molar-refractivity contribution in [2.45, 2.75) is 81.1 Å². The molecule has 0 radical (unpaired) electrons. The van der Waals surface area contributed by atoms with E-state index in [1.54, 1.807) is 12.1 Å². The largest absolute Gasteiger partial charge is 0.497 e. The Morgan fingerprint density at radius 3 is 2.40 bits per heavy atom. The molecule has 1 amide bonds. The van der Waals surface area contributed by atoms with Gasteiger partial charge in [0.05, 0.1) is 30.2 Å². The molecule has 2 aromatic carbocycles. The average Bonchev–Trinajstić information content (AvgIpc) is 3.69. The molecule has 2 aliphatic rings. The van der Waals surface area contributed by atoms with Gasteiger partial charge in [0.2, 0.25) is 10.0 Å². The van der Waals surface area contributed by atoms with Gasteiger partial charge in [0.15, 0.2) is 0 Å². The molecule has 0 bridgehead atoms. The molecule has 228 valence electrons. The summed E-state index contributed by atoms with van der Waals surface area (Å²) in [5, 5.41) is 31.4. The Labute approximate surface area is 248 Å². The van der Waals surface area contributed by atoms with Crippen LogP contribution in [0.5, 0.6) is 5.75 Å². The molecular weight excluding hydrogens is 558 g/mol. The van der Waals surface area contributed by atoms with Crippen LogP contribution in [0.4, 0.5) is 4.79 Å². The zero-order valence-corrected chi connectivity index (χ0v) is 24.9. The fourth-order valence-corrected chi connectivity index (χ4v) is 7.89. The highest BCUT2D eigenvalue weighted by atomic mass is 32.2. The summed E-state index contributed by atoms with van der Waals surface area (Å²) in [6.45, 7) is 0.240. The van der Waals surface area contributed by atoms with Crippen LogP contribution in [0.1, 0.15) is 56.9 Å². The Bertz CT molecular complexity index is 1300. The summed E-state index contributed by atoms with van der Waals surface area (Å²) in [4.78, 5) is 13.8. The van der Waals surface area contributed by atoms with E-state index in [2.05, 4.69) is 6.07 Å². The number of ether oxygens (including phenoxy) is 2. The molecule has 1 saturated heterocycles. The van der Waals surface area contributed by atoms with Crippen LogP contribution in [-0.2, 0) is 21.2 Å². The standard InChI is InChI=1S/C31H41N3O7S/c1-40-25-12-14-26(15-13-25)42(38,39)33(23-31(18-8-19-32)16-5-6-17-31)22-28(35)27(21-24-9-3-2-4-10-24)34(30(36)37)29-11-7-20-41-29/h2-4,9-10,12-15,27-29,35H,5-8,11,16-18,20-23H2,1H3,(H,36,37)/t27-,28+,29-/m0/s1. The quantitative estimate of drug-likeness (QED) is 0.320. The van der Waals surface area contributed by atoms with E-state index >= 15 is 0 Å². The first-order valence-electron chi connectivity index (χ1n) is 14.6. The van der Waals surface area contributed by atoms with Crippen molar-refractivity contribution in [3.8, 4) is 11.8 Å². The maximum Gasteiger partial charge on any atom is 0.409 e. The third-order valence-corrected chi connectivity index (χ3v) is 10.4. The molecule has 2 aromatic rings. The van der Waals surface area contributed by atoms with Gasteiger partial charge in [-0.2, -0.15) is 9.57 Å². The monoisotopic (exact) mass is 599 g/mol. The highest BCUT2D eigenvalue weighted by molar-refractivity contribution is 7.89. The number of methoxy groups -OCH3 is 1. The van der Waals surface area contributed by atoms with Gasteiger partial charge < -0.3 is 19.7 Å². The van der Waals surface area contributed by atoms with Gasteiger partial charge in [-0.05, 0) is 73.8 Å². The molecule has 0 spiro atoms. The molecule has 0 aromatic heterocycles. The molecule has 1 heterocycles. The highest BCUT2D eigenvalue weighted by Gasteiger charge is 2.43. The van der Waals surface area contributed by atoms with Crippen LogP contribution in [0.25, 0.3) is 0 Å². The summed E-state index contributed by atoms with van der Waals surface area (Å²) in [6.07, 6.45) is 2.37. The predicted molar refractivity (Wildman–Crippen MR) is 156 cm³/mol. The first-order chi connectivity index (χ1) is 20.2. The molecule has 2 fully saturated rings. The molecule has 2 N–H and O–H groups in total. The van der Waals surface area contributed by atoms with Crippen molar-refractivity contribution < 1.29 is 32.9 Å². The zero-order valence-electron chi connectivity index (χ0n) is 24.1. The lowest BCUT2D eigenvalue weighted by Gasteiger charge is -2.40. The number of nitriles is 1. The van der Waals surface area contributed by atoms with Gasteiger partial charge in [-0.3, -0.25) is 4.90 Å². The molecule has 4 rings (SSSR count). The number of benzene rings is 2. The van der Waals surface area contributed by atoms with Crippen molar-refractivity contribution in [1.29, 1.82) is 5.26 Å². The van der Waals surface area contributed by atoms with Crippen molar-refractivity contribution in [3.63, 3.8) is 0 Å². The van der Waals surface area contributed by atoms with Gasteiger partial charge in [-0.1, -0.05) is 43.2 Å². The maximum absolute atomic E-state index is 14.2. The number of sulfonamides is 1. The van der Waals surface area contributed by atoms with E-state index in [9.17, 15) is 28.7 Å². The second kappa shape index (κ2) is 14.3. The van der Waals surface area contributed by atoms with E-state index in [0.29, 0.717) is 38.0 Å². The minimum Gasteiger partial charge on any atom is -0.497 e. The molecule has 42 heavy (non-hydrogen) atoms. The normalized spacial score (nSPS) is 19.7. The average molecular weight is 600 g/mol. The van der Waals surface area contributed by atoms with Crippen LogP contribution in [0.15, 0.2) is 59.5 Å². The number of aliphatic hydroxyl groups is 1. The molecule has 1 aliphatic carbocycles. The summed E-state index contributed by atoms with van der Waals surface area (Å²) in [6, 6.07) is 16.6. The molecule has 1 aliphatic heterocycles. The second-order valence-electron chi connectivity index (χ2n) is 11.3. The minimum atomic E-state index is -4.11. The van der Waals surface area contributed by atoms with Crippen LogP contribution in [-0.4, -0.2) is 79.1 Å². The topological polar surface area (TPSA) is 140 Å². The summed E-state index contributed by atoms with van der Waals surface area (Å²) < 4.78 is 40.6. The van der Waals surface area contributed by atoms with Crippen LogP contribution in [0, 0.1) is 16.7 Å². The lowest BCUT2D eigenvalue weighted by molar-refractivity contribution is -0.0616. The Kier molecular flexibility index (Phi) is 10.8. The number of hydrogen-bond acceptors (Lipinski definition) is 7. The van der Waals surface area contributed by atoms with E-state index < -0.39 is 39.9 Å². The first-order valence-corrected chi connectivity index (χ1v) is 16.0. The second-order valence-corrected chi connectivity index (χ2v) is 13.3. The SMILES string of the molecule is COc1ccc(S(=O)(=O)N(C[C@@H](O)[C@H](Cc2ccccc2)N(C(=O)O)[C@@H]2CCCO2)CC2(CCC#N)CCCC2)cc1. The highest BCUT2D eigenvalue weighted by Crippen LogP contribution is 2.43. The minimum absolute atomic E-state index is 0.0535. The van der Waals surface area contributed by atoms with E-state index in [0.717, 1.165) is 36.1 Å². The number of carbonyl (C=O) groups is 1. The van der Waals surface area contributed by atoms with Gasteiger partial charge in [0, 0.05) is 26.1 Å². The number of nitrogens with zero attached hydrogens (tertiary/aromatic N) is 3. The van der Waals surface area contributed by atoms with E-state index in [-0.39, 0.29) is 24.4 Å². The lowest BCUT2D eigenvalue weighted by Crippen LogP contribution is -2.56. The van der Waals surface area contributed by atoms with Crippen molar-refractivity contribution in [1.82, 2.24) is 9.21 Å². The van der Waals surface area contributed by atoms with Gasteiger partial charge in [0.1, 0.15) is 12.0 Å². The molecule has 1 saturated carbocycles. The lowest BCUT2D eigenvalue weighted by atomic mass is 9.81. The third-order valence-electron chi connectivity index (χ3n) is 8.56. The Morgan fingerprint density at radius 2 is 1.83 bits per heavy atom. The van der Waals surface area contributed by atoms with Crippen molar-refractivity contribution in [3.05, 3.63) is 60.2 Å². The van der Waals surface area contributed by atoms with Crippen LogP contribution in [0.3, 0.4) is 0 Å². The molecule has 0 unspecified atom stereocenters. The fourth-order valence-electron chi connectivity index (χ4n) is 6.32. The Morgan fingerprint density at radius 1 is 1.14 bits per heavy atom. The van der Waals surface area contributed by atoms with Gasteiger partial charge in [-0.15, -0.1) is 0 Å². The van der Waals surface area contributed by atoms with Crippen molar-refractivity contribution in [2.24, 2.45) is 5.41 Å². The van der Waals surface area contributed by atoms with Gasteiger partial charge in [-0.25, -0.2) is 13.2 Å². The van der Waals surface area contributed by atoms with Crippen LogP contribution >= 0.6 is 0 Å². The summed E-state index contributed by atoms with van der Waals surface area (Å²) >= 11 is 0. The van der Waals surface area contributed by atoms with Crippen molar-refractivity contribution in [2.75, 3.05) is 26.8 Å². The third kappa shape index (κ3) is 7.61.